The largest absolute Gasteiger partial charge is 0.488 e. The lowest BCUT2D eigenvalue weighted by atomic mass is 9.87. The van der Waals surface area contributed by atoms with Crippen molar-refractivity contribution in [3.63, 3.8) is 0 Å². The third-order valence-electron chi connectivity index (χ3n) is 7.10. The molecule has 1 saturated heterocycles. The van der Waals surface area contributed by atoms with Gasteiger partial charge in [0.1, 0.15) is 34.8 Å². The number of fused-ring (bicyclic) bond motifs is 3. The second-order valence-electron chi connectivity index (χ2n) is 10.6. The Labute approximate surface area is 208 Å². The molecule has 3 aromatic rings. The highest BCUT2D eigenvalue weighted by molar-refractivity contribution is 5.82. The number of pyridine rings is 1. The van der Waals surface area contributed by atoms with E-state index in [0.717, 1.165) is 10.9 Å². The molecular weight excluding hydrogens is 472 g/mol. The minimum atomic E-state index is -1.57. The number of nitrogens with one attached hydrogen (secondary N) is 1. The third kappa shape index (κ3) is 4.83. The van der Waals surface area contributed by atoms with Crippen LogP contribution < -0.4 is 4.74 Å². The fraction of sp³-hybridized carbons (Fsp3) is 0.519. The van der Waals surface area contributed by atoms with E-state index in [0.29, 0.717) is 43.8 Å². The van der Waals surface area contributed by atoms with Crippen molar-refractivity contribution < 1.29 is 22.3 Å². The number of H-pyrrole nitrogens is 1. The van der Waals surface area contributed by atoms with Crippen molar-refractivity contribution in [2.24, 2.45) is 0 Å². The van der Waals surface area contributed by atoms with Crippen molar-refractivity contribution in [2.75, 3.05) is 32.9 Å². The predicted molar refractivity (Wildman–Crippen MR) is 131 cm³/mol. The summed E-state index contributed by atoms with van der Waals surface area (Å²) in [5.74, 6) is -1.36. The first-order valence-electron chi connectivity index (χ1n) is 12.5. The first-order chi connectivity index (χ1) is 17.1. The molecule has 0 spiro atoms. The molecule has 2 aromatic heterocycles. The molecule has 5 rings (SSSR count). The first-order valence-corrected chi connectivity index (χ1v) is 12.5. The standard InChI is InChI=1S/C27H32F4N4O/c1-16-10-20-19-6-4-8-32-26(19)33-24(20)25(35(16)15-27(2,3)31)23-21(29)11-17(12-22(23)30)36-18-13-34(14-18)9-5-7-28/h4,6,8,11-12,16,18,25H,5,7,9-10,13-15H2,1-3H3,(H,32,33)/t16-,25-/m0/s1. The molecule has 0 amide bonds. The number of aromatic nitrogens is 2. The molecule has 0 unspecified atom stereocenters. The van der Waals surface area contributed by atoms with Crippen LogP contribution in [-0.2, 0) is 6.42 Å². The van der Waals surface area contributed by atoms with Crippen LogP contribution in [0.5, 0.6) is 5.75 Å². The molecule has 1 fully saturated rings. The van der Waals surface area contributed by atoms with Crippen LogP contribution in [0.1, 0.15) is 50.1 Å². The number of alkyl halides is 2. The summed E-state index contributed by atoms with van der Waals surface area (Å²) in [7, 11) is 0. The summed E-state index contributed by atoms with van der Waals surface area (Å²) in [6, 6.07) is 5.19. The Morgan fingerprint density at radius 3 is 2.58 bits per heavy atom. The SMILES string of the molecule is C[C@H]1Cc2c([nH]c3ncccc23)[C@H](c2c(F)cc(OC3CN(CCCF)C3)cc2F)N1CC(C)(C)F. The number of ether oxygens (including phenoxy) is 1. The van der Waals surface area contributed by atoms with Crippen molar-refractivity contribution in [3.05, 3.63) is 58.9 Å². The molecule has 2 atom stereocenters. The molecule has 194 valence electrons. The summed E-state index contributed by atoms with van der Waals surface area (Å²) in [6.45, 7) is 6.36. The van der Waals surface area contributed by atoms with Gasteiger partial charge in [0.05, 0.1) is 12.7 Å². The predicted octanol–water partition coefficient (Wildman–Crippen LogP) is 5.35. The highest BCUT2D eigenvalue weighted by atomic mass is 19.1. The van der Waals surface area contributed by atoms with Gasteiger partial charge in [0, 0.05) is 67.2 Å². The van der Waals surface area contributed by atoms with Crippen LogP contribution in [0, 0.1) is 11.6 Å². The second kappa shape index (κ2) is 9.67. The normalized spacial score (nSPS) is 21.5. The highest BCUT2D eigenvalue weighted by Gasteiger charge is 2.41. The van der Waals surface area contributed by atoms with E-state index >= 15 is 8.78 Å². The van der Waals surface area contributed by atoms with Crippen molar-refractivity contribution >= 4 is 11.0 Å². The minimum absolute atomic E-state index is 0.00892. The second-order valence-corrected chi connectivity index (χ2v) is 10.6. The van der Waals surface area contributed by atoms with Crippen LogP contribution in [0.3, 0.4) is 0 Å². The van der Waals surface area contributed by atoms with Gasteiger partial charge in [-0.3, -0.25) is 14.2 Å². The van der Waals surface area contributed by atoms with Gasteiger partial charge in [-0.1, -0.05) is 0 Å². The summed E-state index contributed by atoms with van der Waals surface area (Å²) in [5.41, 5.74) is 0.529. The quantitative estimate of drug-likeness (QED) is 0.420. The van der Waals surface area contributed by atoms with Gasteiger partial charge in [-0.2, -0.15) is 0 Å². The van der Waals surface area contributed by atoms with Crippen molar-refractivity contribution in [3.8, 4) is 5.75 Å². The van der Waals surface area contributed by atoms with E-state index in [9.17, 15) is 8.78 Å². The van der Waals surface area contributed by atoms with Gasteiger partial charge in [0.15, 0.2) is 0 Å². The smallest absolute Gasteiger partial charge is 0.137 e. The third-order valence-corrected chi connectivity index (χ3v) is 7.10. The molecule has 9 heteroatoms. The Morgan fingerprint density at radius 1 is 1.19 bits per heavy atom. The average Bonchev–Trinajstić information content (AvgIpc) is 3.14. The van der Waals surface area contributed by atoms with Gasteiger partial charge in [-0.25, -0.2) is 18.2 Å². The number of likely N-dealkylation sites (tertiary alicyclic amines) is 1. The molecule has 1 aromatic carbocycles. The van der Waals surface area contributed by atoms with Gasteiger partial charge in [0.2, 0.25) is 0 Å². The van der Waals surface area contributed by atoms with E-state index in [1.807, 2.05) is 28.9 Å². The van der Waals surface area contributed by atoms with Crippen molar-refractivity contribution in [1.29, 1.82) is 0 Å². The molecule has 36 heavy (non-hydrogen) atoms. The average molecular weight is 505 g/mol. The van der Waals surface area contributed by atoms with Crippen molar-refractivity contribution in [2.45, 2.75) is 57.5 Å². The molecule has 0 saturated carbocycles. The molecule has 1 N–H and O–H groups in total. The lowest BCUT2D eigenvalue weighted by molar-refractivity contribution is 0.0179. The number of hydrogen-bond acceptors (Lipinski definition) is 4. The van der Waals surface area contributed by atoms with E-state index in [1.54, 1.807) is 6.20 Å². The maximum Gasteiger partial charge on any atom is 0.137 e. The Bertz CT molecular complexity index is 1210. The monoisotopic (exact) mass is 504 g/mol. The molecule has 2 aliphatic rings. The topological polar surface area (TPSA) is 44.4 Å². The highest BCUT2D eigenvalue weighted by Crippen LogP contribution is 2.43. The first kappa shape index (κ1) is 25.0. The van der Waals surface area contributed by atoms with Gasteiger partial charge in [-0.15, -0.1) is 0 Å². The zero-order chi connectivity index (χ0) is 25.6. The van der Waals surface area contributed by atoms with Crippen LogP contribution in [0.15, 0.2) is 30.5 Å². The van der Waals surface area contributed by atoms with Crippen LogP contribution in [0.4, 0.5) is 17.6 Å². The van der Waals surface area contributed by atoms with E-state index in [-0.39, 0.29) is 36.7 Å². The number of rotatable bonds is 8. The van der Waals surface area contributed by atoms with Gasteiger partial charge in [-0.05, 0) is 51.3 Å². The zero-order valence-electron chi connectivity index (χ0n) is 20.8. The zero-order valence-corrected chi connectivity index (χ0v) is 20.8. The van der Waals surface area contributed by atoms with Crippen LogP contribution in [0.25, 0.3) is 11.0 Å². The summed E-state index contributed by atoms with van der Waals surface area (Å²) in [4.78, 5) is 11.5. The number of hydrogen-bond donors (Lipinski definition) is 1. The molecule has 0 radical (unpaired) electrons. The lowest BCUT2D eigenvalue weighted by Crippen LogP contribution is -2.53. The summed E-state index contributed by atoms with van der Waals surface area (Å²) in [6.07, 6.45) is 2.54. The Balaban J connectivity index is 1.50. The summed E-state index contributed by atoms with van der Waals surface area (Å²) < 4.78 is 64.4. The number of nitrogens with zero attached hydrogens (tertiary/aromatic N) is 3. The van der Waals surface area contributed by atoms with Crippen LogP contribution in [0.2, 0.25) is 0 Å². The van der Waals surface area contributed by atoms with Crippen LogP contribution in [-0.4, -0.2) is 70.4 Å². The maximum absolute atomic E-state index is 15.7. The van der Waals surface area contributed by atoms with Gasteiger partial charge in [0.25, 0.3) is 0 Å². The van der Waals surface area contributed by atoms with E-state index in [1.165, 1.54) is 26.0 Å². The molecular formula is C27H32F4N4O. The summed E-state index contributed by atoms with van der Waals surface area (Å²) in [5, 5.41) is 0.909. The lowest BCUT2D eigenvalue weighted by Gasteiger charge is -2.43. The van der Waals surface area contributed by atoms with Crippen LogP contribution >= 0.6 is 0 Å². The molecule has 0 aliphatic carbocycles. The van der Waals surface area contributed by atoms with E-state index in [2.05, 4.69) is 9.97 Å². The van der Waals surface area contributed by atoms with Crippen molar-refractivity contribution in [1.82, 2.24) is 19.8 Å². The fourth-order valence-corrected chi connectivity index (χ4v) is 5.52. The molecule has 4 heterocycles. The number of halogens is 4. The number of benzene rings is 1. The Morgan fingerprint density at radius 2 is 1.92 bits per heavy atom. The summed E-state index contributed by atoms with van der Waals surface area (Å²) >= 11 is 0. The van der Waals surface area contributed by atoms with E-state index in [4.69, 9.17) is 4.74 Å². The maximum atomic E-state index is 15.7. The minimum Gasteiger partial charge on any atom is -0.488 e. The van der Waals surface area contributed by atoms with Gasteiger partial charge >= 0.3 is 0 Å². The molecule has 2 aliphatic heterocycles. The molecule has 5 nitrogen and oxygen atoms in total. The van der Waals surface area contributed by atoms with Gasteiger partial charge < -0.3 is 9.72 Å². The molecule has 0 bridgehead atoms. The fourth-order valence-electron chi connectivity index (χ4n) is 5.52. The Hall–Kier alpha value is -2.65. The Kier molecular flexibility index (Phi) is 6.72. The number of aromatic amines is 1. The van der Waals surface area contributed by atoms with E-state index < -0.39 is 23.3 Å².